The molecule has 2 amide bonds. The van der Waals surface area contributed by atoms with Gasteiger partial charge in [0.05, 0.1) is 22.6 Å². The predicted molar refractivity (Wildman–Crippen MR) is 160 cm³/mol. The van der Waals surface area contributed by atoms with Gasteiger partial charge < -0.3 is 15.0 Å². The van der Waals surface area contributed by atoms with Gasteiger partial charge in [-0.25, -0.2) is 8.42 Å². The smallest absolute Gasteiger partial charge is 0.273 e. The van der Waals surface area contributed by atoms with Crippen molar-refractivity contribution in [2.45, 2.75) is 51.2 Å². The van der Waals surface area contributed by atoms with Crippen molar-refractivity contribution < 1.29 is 27.7 Å². The van der Waals surface area contributed by atoms with Crippen LogP contribution >= 0.6 is 11.6 Å². The molecule has 0 spiro atoms. The Labute approximate surface area is 250 Å². The topological polar surface area (TPSA) is 139 Å². The molecular formula is C29H33ClN4O7S. The van der Waals surface area contributed by atoms with Crippen molar-refractivity contribution in [1.82, 2.24) is 10.2 Å². The first kappa shape index (κ1) is 32.4. The molecule has 224 valence electrons. The number of hydrogen-bond acceptors (Lipinski definition) is 7. The highest BCUT2D eigenvalue weighted by atomic mass is 35.5. The number of aryl methyl sites for hydroxylation is 1. The Hall–Kier alpha value is -4.16. The van der Waals surface area contributed by atoms with Crippen LogP contribution in [0.2, 0.25) is 5.02 Å². The van der Waals surface area contributed by atoms with Crippen LogP contribution in [0, 0.1) is 17.0 Å². The largest absolute Gasteiger partial charge is 0.495 e. The number of nitrogens with one attached hydrogen (secondary N) is 1. The summed E-state index contributed by atoms with van der Waals surface area (Å²) >= 11 is 6.23. The number of nitro benzene ring substituents is 1. The predicted octanol–water partition coefficient (Wildman–Crippen LogP) is 4.70. The van der Waals surface area contributed by atoms with Crippen molar-refractivity contribution in [1.29, 1.82) is 0 Å². The lowest BCUT2D eigenvalue weighted by Gasteiger charge is -2.32. The molecule has 1 atom stereocenters. The molecule has 0 heterocycles. The normalized spacial score (nSPS) is 12.0. The van der Waals surface area contributed by atoms with Crippen molar-refractivity contribution in [3.63, 3.8) is 0 Å². The number of nitrogens with zero attached hydrogens (tertiary/aromatic N) is 3. The molecule has 11 nitrogen and oxygen atoms in total. The number of amides is 2. The number of nitro groups is 1. The molecule has 3 rings (SSSR count). The van der Waals surface area contributed by atoms with Gasteiger partial charge in [0, 0.05) is 29.2 Å². The number of halogens is 1. The Morgan fingerprint density at radius 1 is 1.05 bits per heavy atom. The summed E-state index contributed by atoms with van der Waals surface area (Å²) in [6, 6.07) is 15.5. The molecule has 0 aromatic heterocycles. The highest BCUT2D eigenvalue weighted by Gasteiger charge is 2.35. The summed E-state index contributed by atoms with van der Waals surface area (Å²) < 4.78 is 34.4. The zero-order chi connectivity index (χ0) is 31.2. The van der Waals surface area contributed by atoms with Gasteiger partial charge in [-0.05, 0) is 57.5 Å². The van der Waals surface area contributed by atoms with Gasteiger partial charge in [-0.15, -0.1) is 0 Å². The maximum Gasteiger partial charge on any atom is 0.273 e. The van der Waals surface area contributed by atoms with Gasteiger partial charge in [-0.1, -0.05) is 48.0 Å². The molecule has 13 heteroatoms. The molecule has 1 N–H and O–H groups in total. The molecule has 0 aliphatic rings. The standard InChI is InChI=1S/C29H33ClN4O7S/c1-19(2)31-29(36)21(4)32(17-22-9-7-6-8-10-22)28(35)18-33(26-15-23(30)12-14-27(26)41-5)42(39,40)24-13-11-20(3)25(16-24)34(37)38/h6-16,19,21H,17-18H2,1-5H3,(H,31,36)/t21-/m1/s1. The first-order valence-electron chi connectivity index (χ1n) is 13.0. The van der Waals surface area contributed by atoms with E-state index in [9.17, 15) is 28.1 Å². The van der Waals surface area contributed by atoms with Crippen LogP contribution in [0.4, 0.5) is 11.4 Å². The van der Waals surface area contributed by atoms with Gasteiger partial charge in [0.15, 0.2) is 0 Å². The molecular weight excluding hydrogens is 584 g/mol. The van der Waals surface area contributed by atoms with Crippen molar-refractivity contribution >= 4 is 44.8 Å². The van der Waals surface area contributed by atoms with Crippen LogP contribution in [0.3, 0.4) is 0 Å². The number of ether oxygens (including phenoxy) is 1. The second-order valence-corrected chi connectivity index (χ2v) is 12.2. The zero-order valence-electron chi connectivity index (χ0n) is 23.9. The maximum absolute atomic E-state index is 14.1. The number of rotatable bonds is 12. The number of carbonyl (C=O) groups excluding carboxylic acids is 2. The van der Waals surface area contributed by atoms with Gasteiger partial charge >= 0.3 is 0 Å². The van der Waals surface area contributed by atoms with Crippen LogP contribution in [0.5, 0.6) is 5.75 Å². The third kappa shape index (κ3) is 7.56. The Balaban J connectivity index is 2.16. The molecule has 3 aromatic carbocycles. The second-order valence-electron chi connectivity index (χ2n) is 9.88. The lowest BCUT2D eigenvalue weighted by molar-refractivity contribution is -0.385. The van der Waals surface area contributed by atoms with E-state index in [1.54, 1.807) is 45.0 Å². The molecule has 0 bridgehead atoms. The molecule has 0 fully saturated rings. The van der Waals surface area contributed by atoms with E-state index in [0.717, 1.165) is 15.9 Å². The van der Waals surface area contributed by atoms with Gasteiger partial charge in [0.2, 0.25) is 11.8 Å². The van der Waals surface area contributed by atoms with Crippen LogP contribution in [0.15, 0.2) is 71.6 Å². The van der Waals surface area contributed by atoms with Gasteiger partial charge in [-0.3, -0.25) is 24.0 Å². The fourth-order valence-electron chi connectivity index (χ4n) is 4.21. The fourth-order valence-corrected chi connectivity index (χ4v) is 5.82. The van der Waals surface area contributed by atoms with Crippen LogP contribution in [0.1, 0.15) is 31.9 Å². The average molecular weight is 617 g/mol. The van der Waals surface area contributed by atoms with Crippen LogP contribution in [-0.4, -0.2) is 55.8 Å². The summed E-state index contributed by atoms with van der Waals surface area (Å²) in [7, 11) is -3.27. The molecule has 42 heavy (non-hydrogen) atoms. The average Bonchev–Trinajstić information content (AvgIpc) is 2.94. The van der Waals surface area contributed by atoms with Crippen molar-refractivity contribution in [2.75, 3.05) is 18.0 Å². The highest BCUT2D eigenvalue weighted by molar-refractivity contribution is 7.92. The quantitative estimate of drug-likeness (QED) is 0.230. The Bertz CT molecular complexity index is 1570. The number of hydrogen-bond donors (Lipinski definition) is 1. The summed E-state index contributed by atoms with van der Waals surface area (Å²) in [6.45, 7) is 5.88. The SMILES string of the molecule is COc1ccc(Cl)cc1N(CC(=O)N(Cc1ccccc1)[C@H](C)C(=O)NC(C)C)S(=O)(=O)c1ccc(C)c([N+](=O)[O-])c1. The minimum absolute atomic E-state index is 0.0168. The number of methoxy groups -OCH3 is 1. The summed E-state index contributed by atoms with van der Waals surface area (Å²) in [5, 5.41) is 14.6. The lowest BCUT2D eigenvalue weighted by atomic mass is 10.1. The summed E-state index contributed by atoms with van der Waals surface area (Å²) in [5.74, 6) is -1.02. The molecule has 0 aliphatic carbocycles. The number of sulfonamides is 1. The van der Waals surface area contributed by atoms with E-state index in [0.29, 0.717) is 0 Å². The van der Waals surface area contributed by atoms with Crippen molar-refractivity contribution in [3.05, 3.63) is 93.0 Å². The summed E-state index contributed by atoms with van der Waals surface area (Å²) in [6.07, 6.45) is 0. The minimum Gasteiger partial charge on any atom is -0.495 e. The summed E-state index contributed by atoms with van der Waals surface area (Å²) in [4.78, 5) is 38.8. The molecule has 0 saturated heterocycles. The fraction of sp³-hybridized carbons (Fsp3) is 0.310. The van der Waals surface area contributed by atoms with Crippen molar-refractivity contribution in [2.24, 2.45) is 0 Å². The van der Waals surface area contributed by atoms with E-state index >= 15 is 0 Å². The van der Waals surface area contributed by atoms with Gasteiger partial charge in [0.25, 0.3) is 15.7 Å². The van der Waals surface area contributed by atoms with E-state index < -0.39 is 49.9 Å². The van der Waals surface area contributed by atoms with E-state index in [4.69, 9.17) is 16.3 Å². The van der Waals surface area contributed by atoms with Crippen LogP contribution < -0.4 is 14.4 Å². The molecule has 3 aromatic rings. The first-order chi connectivity index (χ1) is 19.8. The molecule has 0 radical (unpaired) electrons. The number of anilines is 1. The monoisotopic (exact) mass is 616 g/mol. The van der Waals surface area contributed by atoms with Crippen LogP contribution in [-0.2, 0) is 26.2 Å². The third-order valence-corrected chi connectivity index (χ3v) is 8.44. The Morgan fingerprint density at radius 3 is 2.31 bits per heavy atom. The number of carbonyl (C=O) groups is 2. The second kappa shape index (κ2) is 13.7. The Kier molecular flexibility index (Phi) is 10.5. The van der Waals surface area contributed by atoms with E-state index in [1.165, 1.54) is 49.3 Å². The van der Waals surface area contributed by atoms with E-state index in [2.05, 4.69) is 5.32 Å². The maximum atomic E-state index is 14.1. The lowest BCUT2D eigenvalue weighted by Crippen LogP contribution is -2.52. The van der Waals surface area contributed by atoms with E-state index in [-0.39, 0.29) is 34.6 Å². The molecule has 0 aliphatic heterocycles. The zero-order valence-corrected chi connectivity index (χ0v) is 25.5. The van der Waals surface area contributed by atoms with E-state index in [1.807, 2.05) is 6.07 Å². The molecule has 0 saturated carbocycles. The first-order valence-corrected chi connectivity index (χ1v) is 14.8. The minimum atomic E-state index is -4.60. The Morgan fingerprint density at radius 2 is 1.71 bits per heavy atom. The van der Waals surface area contributed by atoms with Gasteiger partial charge in [-0.2, -0.15) is 0 Å². The van der Waals surface area contributed by atoms with Crippen molar-refractivity contribution in [3.8, 4) is 5.75 Å². The number of benzene rings is 3. The highest BCUT2D eigenvalue weighted by Crippen LogP contribution is 2.36. The molecule has 0 unspecified atom stereocenters. The summed E-state index contributed by atoms with van der Waals surface area (Å²) in [5.41, 5.74) is 0.533. The van der Waals surface area contributed by atoms with Gasteiger partial charge in [0.1, 0.15) is 18.3 Å². The van der Waals surface area contributed by atoms with Crippen LogP contribution in [0.25, 0.3) is 0 Å². The third-order valence-electron chi connectivity index (χ3n) is 6.45.